The van der Waals surface area contributed by atoms with Gasteiger partial charge in [0.1, 0.15) is 0 Å². The lowest BCUT2D eigenvalue weighted by atomic mass is 10.3. The maximum Gasteiger partial charge on any atom is 0.264 e. The van der Waals surface area contributed by atoms with Gasteiger partial charge in [-0.05, 0) is 29.0 Å². The summed E-state index contributed by atoms with van der Waals surface area (Å²) in [5, 5.41) is 2.88. The standard InChI is InChI=1S/C10H9NO3S2/c1-7(12)11-16(13,14)9-3-2-8-4-5-15-10(8)6-9/h2-6H,1H3,(H,11,12). The third kappa shape index (κ3) is 2.07. The Hall–Kier alpha value is -1.40. The SMILES string of the molecule is CC(=O)NS(=O)(=O)c1ccc2ccsc2c1. The van der Waals surface area contributed by atoms with Gasteiger partial charge >= 0.3 is 0 Å². The maximum atomic E-state index is 11.7. The molecule has 4 nitrogen and oxygen atoms in total. The van der Waals surface area contributed by atoms with Gasteiger partial charge in [-0.15, -0.1) is 11.3 Å². The summed E-state index contributed by atoms with van der Waals surface area (Å²) in [7, 11) is -3.72. The number of hydrogen-bond acceptors (Lipinski definition) is 4. The van der Waals surface area contributed by atoms with Crippen LogP contribution in [0.3, 0.4) is 0 Å². The molecule has 1 heterocycles. The molecule has 16 heavy (non-hydrogen) atoms. The van der Waals surface area contributed by atoms with E-state index in [0.29, 0.717) is 0 Å². The number of carbonyl (C=O) groups excluding carboxylic acids is 1. The van der Waals surface area contributed by atoms with Crippen molar-refractivity contribution in [1.82, 2.24) is 4.72 Å². The largest absolute Gasteiger partial charge is 0.274 e. The van der Waals surface area contributed by atoms with Crippen molar-refractivity contribution in [2.24, 2.45) is 0 Å². The first kappa shape index (κ1) is 11.1. The van der Waals surface area contributed by atoms with Crippen molar-refractivity contribution in [3.05, 3.63) is 29.6 Å². The molecule has 0 aliphatic heterocycles. The molecule has 0 bridgehead atoms. The van der Waals surface area contributed by atoms with Gasteiger partial charge in [-0.3, -0.25) is 4.79 Å². The fourth-order valence-electron chi connectivity index (χ4n) is 1.35. The van der Waals surface area contributed by atoms with Gasteiger partial charge in [0, 0.05) is 11.6 Å². The van der Waals surface area contributed by atoms with Gasteiger partial charge in [-0.25, -0.2) is 13.1 Å². The van der Waals surface area contributed by atoms with Crippen LogP contribution in [0.1, 0.15) is 6.92 Å². The normalized spacial score (nSPS) is 11.6. The number of carbonyl (C=O) groups is 1. The number of benzene rings is 1. The van der Waals surface area contributed by atoms with Crippen molar-refractivity contribution in [2.75, 3.05) is 0 Å². The number of amides is 1. The highest BCUT2D eigenvalue weighted by Crippen LogP contribution is 2.23. The summed E-state index contributed by atoms with van der Waals surface area (Å²) in [6.07, 6.45) is 0. The molecule has 0 unspecified atom stereocenters. The molecule has 0 aliphatic rings. The third-order valence-electron chi connectivity index (χ3n) is 2.02. The molecule has 0 radical (unpaired) electrons. The highest BCUT2D eigenvalue weighted by molar-refractivity contribution is 7.90. The van der Waals surface area contributed by atoms with E-state index in [1.54, 1.807) is 12.1 Å². The van der Waals surface area contributed by atoms with Crippen LogP contribution in [-0.4, -0.2) is 14.3 Å². The van der Waals surface area contributed by atoms with Gasteiger partial charge in [0.25, 0.3) is 10.0 Å². The van der Waals surface area contributed by atoms with Crippen LogP contribution in [0.4, 0.5) is 0 Å². The van der Waals surface area contributed by atoms with Crippen molar-refractivity contribution in [3.8, 4) is 0 Å². The van der Waals surface area contributed by atoms with Crippen LogP contribution in [0, 0.1) is 0 Å². The van der Waals surface area contributed by atoms with E-state index in [2.05, 4.69) is 0 Å². The highest BCUT2D eigenvalue weighted by Gasteiger charge is 2.15. The molecule has 0 fully saturated rings. The lowest BCUT2D eigenvalue weighted by Gasteiger charge is -2.04. The number of rotatable bonds is 2. The molecule has 6 heteroatoms. The van der Waals surface area contributed by atoms with Crippen molar-refractivity contribution in [1.29, 1.82) is 0 Å². The zero-order valence-corrected chi connectivity index (χ0v) is 10.1. The lowest BCUT2D eigenvalue weighted by Crippen LogP contribution is -2.28. The number of thiophene rings is 1. The molecular formula is C10H9NO3S2. The van der Waals surface area contributed by atoms with Crippen LogP contribution >= 0.6 is 11.3 Å². The molecule has 2 aromatic rings. The first-order chi connectivity index (χ1) is 7.49. The molecular weight excluding hydrogens is 246 g/mol. The summed E-state index contributed by atoms with van der Waals surface area (Å²) in [5.41, 5.74) is 0. The summed E-state index contributed by atoms with van der Waals surface area (Å²) in [6, 6.07) is 6.68. The molecule has 1 amide bonds. The smallest absolute Gasteiger partial charge is 0.264 e. The van der Waals surface area contributed by atoms with Gasteiger partial charge in [0.2, 0.25) is 5.91 Å². The predicted octanol–water partition coefficient (Wildman–Crippen LogP) is 1.73. The van der Waals surface area contributed by atoms with E-state index in [9.17, 15) is 13.2 Å². The zero-order valence-electron chi connectivity index (χ0n) is 8.43. The fraction of sp³-hybridized carbons (Fsp3) is 0.100. The Bertz CT molecular complexity index is 643. The van der Waals surface area contributed by atoms with Crippen molar-refractivity contribution in [3.63, 3.8) is 0 Å². The van der Waals surface area contributed by atoms with Crippen LogP contribution < -0.4 is 4.72 Å². The molecule has 0 saturated carbocycles. The van der Waals surface area contributed by atoms with E-state index >= 15 is 0 Å². The second kappa shape index (κ2) is 3.88. The average Bonchev–Trinajstić information content (AvgIpc) is 2.61. The monoisotopic (exact) mass is 255 g/mol. The summed E-state index contributed by atoms with van der Waals surface area (Å²) >= 11 is 1.46. The van der Waals surface area contributed by atoms with Gasteiger partial charge in [0.05, 0.1) is 4.90 Å². The molecule has 1 aromatic heterocycles. The first-order valence-corrected chi connectivity index (χ1v) is 6.86. The molecule has 84 valence electrons. The summed E-state index contributed by atoms with van der Waals surface area (Å²) in [5.74, 6) is -0.591. The van der Waals surface area contributed by atoms with E-state index < -0.39 is 15.9 Å². The summed E-state index contributed by atoms with van der Waals surface area (Å²) < 4.78 is 26.2. The summed E-state index contributed by atoms with van der Waals surface area (Å²) in [4.78, 5) is 10.9. The predicted molar refractivity (Wildman–Crippen MR) is 62.8 cm³/mol. The Morgan fingerprint density at radius 3 is 2.75 bits per heavy atom. The van der Waals surface area contributed by atoms with Crippen LogP contribution in [-0.2, 0) is 14.8 Å². The Kier molecular flexibility index (Phi) is 2.69. The molecule has 1 N–H and O–H groups in total. The van der Waals surface area contributed by atoms with Gasteiger partial charge in [0.15, 0.2) is 0 Å². The Morgan fingerprint density at radius 1 is 1.31 bits per heavy atom. The van der Waals surface area contributed by atoms with Crippen LogP contribution in [0.25, 0.3) is 10.1 Å². The summed E-state index contributed by atoms with van der Waals surface area (Å²) in [6.45, 7) is 1.17. The van der Waals surface area contributed by atoms with E-state index in [0.717, 1.165) is 10.1 Å². The minimum Gasteiger partial charge on any atom is -0.274 e. The van der Waals surface area contributed by atoms with E-state index in [1.807, 2.05) is 16.2 Å². The van der Waals surface area contributed by atoms with Crippen LogP contribution in [0.5, 0.6) is 0 Å². The molecule has 2 rings (SSSR count). The second-order valence-corrected chi connectivity index (χ2v) is 5.91. The molecule has 0 spiro atoms. The number of fused-ring (bicyclic) bond motifs is 1. The molecule has 0 aliphatic carbocycles. The van der Waals surface area contributed by atoms with E-state index in [4.69, 9.17) is 0 Å². The van der Waals surface area contributed by atoms with Gasteiger partial charge in [-0.1, -0.05) is 6.07 Å². The van der Waals surface area contributed by atoms with E-state index in [1.165, 1.54) is 24.3 Å². The quantitative estimate of drug-likeness (QED) is 0.888. The highest BCUT2D eigenvalue weighted by atomic mass is 32.2. The average molecular weight is 255 g/mol. The van der Waals surface area contributed by atoms with Gasteiger partial charge < -0.3 is 0 Å². The van der Waals surface area contributed by atoms with E-state index in [-0.39, 0.29) is 4.90 Å². The van der Waals surface area contributed by atoms with Crippen LogP contribution in [0.2, 0.25) is 0 Å². The van der Waals surface area contributed by atoms with Crippen molar-refractivity contribution < 1.29 is 13.2 Å². The number of sulfonamides is 1. The number of hydrogen-bond donors (Lipinski definition) is 1. The van der Waals surface area contributed by atoms with Crippen molar-refractivity contribution >= 4 is 37.4 Å². The molecule has 1 aromatic carbocycles. The second-order valence-electron chi connectivity index (χ2n) is 3.28. The topological polar surface area (TPSA) is 63.2 Å². The lowest BCUT2D eigenvalue weighted by molar-refractivity contribution is -0.117. The minimum atomic E-state index is -3.72. The minimum absolute atomic E-state index is 0.109. The molecule has 0 atom stereocenters. The Labute approximate surface area is 97.0 Å². The molecule has 0 saturated heterocycles. The number of nitrogens with one attached hydrogen (secondary N) is 1. The maximum absolute atomic E-state index is 11.7. The Balaban J connectivity index is 2.50. The first-order valence-electron chi connectivity index (χ1n) is 4.50. The van der Waals surface area contributed by atoms with Crippen LogP contribution in [0.15, 0.2) is 34.5 Å². The third-order valence-corrected chi connectivity index (χ3v) is 4.33. The van der Waals surface area contributed by atoms with Crippen molar-refractivity contribution in [2.45, 2.75) is 11.8 Å². The zero-order chi connectivity index (χ0) is 11.8. The Morgan fingerprint density at radius 2 is 2.06 bits per heavy atom. The van der Waals surface area contributed by atoms with Gasteiger partial charge in [-0.2, -0.15) is 0 Å². The fourth-order valence-corrected chi connectivity index (χ4v) is 3.27.